The van der Waals surface area contributed by atoms with E-state index in [1.165, 1.54) is 0 Å². The summed E-state index contributed by atoms with van der Waals surface area (Å²) in [6.45, 7) is 5.05. The molecule has 5 nitrogen and oxygen atoms in total. The number of hydrogen-bond donors (Lipinski definition) is 1. The van der Waals surface area contributed by atoms with Gasteiger partial charge in [-0.05, 0) is 46.6 Å². The predicted octanol–water partition coefficient (Wildman–Crippen LogP) is 2.05. The van der Waals surface area contributed by atoms with Gasteiger partial charge in [-0.15, -0.1) is 0 Å². The van der Waals surface area contributed by atoms with E-state index in [4.69, 9.17) is 0 Å². The van der Waals surface area contributed by atoms with Gasteiger partial charge in [0.2, 0.25) is 0 Å². The average Bonchev–Trinajstić information content (AvgIpc) is 2.84. The van der Waals surface area contributed by atoms with E-state index in [1.54, 1.807) is 0 Å². The van der Waals surface area contributed by atoms with Gasteiger partial charge in [-0.1, -0.05) is 0 Å². The summed E-state index contributed by atoms with van der Waals surface area (Å²) in [5, 5.41) is 13.1. The third kappa shape index (κ3) is 3.84. The van der Waals surface area contributed by atoms with Gasteiger partial charge < -0.3 is 4.57 Å². The molecule has 1 saturated carbocycles. The van der Waals surface area contributed by atoms with Crippen LogP contribution in [0.1, 0.15) is 45.4 Å². The van der Waals surface area contributed by atoms with Gasteiger partial charge in [0.05, 0.1) is 12.6 Å². The number of aryl methyl sites for hydroxylation is 1. The van der Waals surface area contributed by atoms with E-state index in [9.17, 15) is 5.26 Å². The molecular formula is C16H27N5. The molecule has 0 saturated heterocycles. The molecular weight excluding hydrogens is 262 g/mol. The summed E-state index contributed by atoms with van der Waals surface area (Å²) < 4.78 is 2.06. The van der Waals surface area contributed by atoms with Crippen molar-refractivity contribution in [2.75, 3.05) is 7.05 Å². The Labute approximate surface area is 128 Å². The highest BCUT2D eigenvalue weighted by molar-refractivity contribution is 5.11. The molecule has 1 aromatic rings. The van der Waals surface area contributed by atoms with Crippen LogP contribution in [0, 0.1) is 11.3 Å². The van der Waals surface area contributed by atoms with E-state index in [1.807, 2.05) is 19.4 Å². The van der Waals surface area contributed by atoms with Crippen molar-refractivity contribution in [1.29, 1.82) is 5.26 Å². The smallest absolute Gasteiger partial charge is 0.122 e. The van der Waals surface area contributed by atoms with Crippen LogP contribution in [0.2, 0.25) is 0 Å². The maximum absolute atomic E-state index is 9.64. The standard InChI is InChI=1S/C16H27N5/c1-13(2)19-16(12-17)7-5-6-14(10-16)21(4)11-15-18-8-9-20(15)3/h8-9,13-14,19H,5-7,10-11H2,1-4H3. The Hall–Kier alpha value is -1.38. The molecule has 2 rings (SSSR count). The van der Waals surface area contributed by atoms with Crippen molar-refractivity contribution in [1.82, 2.24) is 19.8 Å². The number of nitrogens with one attached hydrogen (secondary N) is 1. The SMILES string of the molecule is CC(C)NC1(C#N)CCCC(N(C)Cc2nccn2C)C1. The Morgan fingerprint density at radius 1 is 1.62 bits per heavy atom. The first-order valence-corrected chi connectivity index (χ1v) is 7.81. The van der Waals surface area contributed by atoms with Crippen LogP contribution in [0.4, 0.5) is 0 Å². The normalized spacial score (nSPS) is 26.2. The van der Waals surface area contributed by atoms with Crippen LogP contribution in [0.25, 0.3) is 0 Å². The molecule has 0 amide bonds. The number of hydrogen-bond acceptors (Lipinski definition) is 4. The summed E-state index contributed by atoms with van der Waals surface area (Å²) in [6, 6.07) is 3.31. The zero-order valence-electron chi connectivity index (χ0n) is 13.6. The second-order valence-electron chi connectivity index (χ2n) is 6.61. The Bertz CT molecular complexity index is 501. The minimum atomic E-state index is -0.368. The van der Waals surface area contributed by atoms with Crippen LogP contribution >= 0.6 is 0 Å². The van der Waals surface area contributed by atoms with Crippen molar-refractivity contribution < 1.29 is 0 Å². The number of nitriles is 1. The van der Waals surface area contributed by atoms with Crippen molar-refractivity contribution in [3.63, 3.8) is 0 Å². The first-order valence-electron chi connectivity index (χ1n) is 7.81. The Morgan fingerprint density at radius 2 is 2.38 bits per heavy atom. The third-order valence-electron chi connectivity index (χ3n) is 4.44. The molecule has 1 aliphatic carbocycles. The quantitative estimate of drug-likeness (QED) is 0.901. The molecule has 1 aromatic heterocycles. The Morgan fingerprint density at radius 3 is 2.95 bits per heavy atom. The molecule has 0 bridgehead atoms. The zero-order chi connectivity index (χ0) is 15.5. The maximum Gasteiger partial charge on any atom is 0.122 e. The predicted molar refractivity (Wildman–Crippen MR) is 83.5 cm³/mol. The fourth-order valence-corrected chi connectivity index (χ4v) is 3.34. The van der Waals surface area contributed by atoms with Crippen molar-refractivity contribution >= 4 is 0 Å². The molecule has 2 atom stereocenters. The van der Waals surface area contributed by atoms with Crippen molar-refractivity contribution in [3.05, 3.63) is 18.2 Å². The highest BCUT2D eigenvalue weighted by Crippen LogP contribution is 2.31. The van der Waals surface area contributed by atoms with E-state index >= 15 is 0 Å². The largest absolute Gasteiger partial charge is 0.337 e. The van der Waals surface area contributed by atoms with Gasteiger partial charge >= 0.3 is 0 Å². The highest BCUT2D eigenvalue weighted by Gasteiger charge is 2.38. The van der Waals surface area contributed by atoms with Gasteiger partial charge in [0.15, 0.2) is 0 Å². The van der Waals surface area contributed by atoms with Gasteiger partial charge in [-0.2, -0.15) is 5.26 Å². The van der Waals surface area contributed by atoms with Gasteiger partial charge in [0.1, 0.15) is 11.4 Å². The molecule has 1 N–H and O–H groups in total. The van der Waals surface area contributed by atoms with Crippen molar-refractivity contribution in [2.45, 2.75) is 63.7 Å². The first-order chi connectivity index (χ1) is 9.96. The second kappa shape index (κ2) is 6.59. The van der Waals surface area contributed by atoms with Crippen LogP contribution in [0.3, 0.4) is 0 Å². The summed E-state index contributed by atoms with van der Waals surface area (Å²) in [5.74, 6) is 1.07. The average molecular weight is 289 g/mol. The molecule has 0 radical (unpaired) electrons. The lowest BCUT2D eigenvalue weighted by molar-refractivity contribution is 0.131. The van der Waals surface area contributed by atoms with Gasteiger partial charge in [-0.3, -0.25) is 10.2 Å². The minimum absolute atomic E-state index is 0.336. The molecule has 5 heteroatoms. The summed E-state index contributed by atoms with van der Waals surface area (Å²) in [4.78, 5) is 6.74. The summed E-state index contributed by atoms with van der Waals surface area (Å²) in [5.41, 5.74) is -0.368. The fourth-order valence-electron chi connectivity index (χ4n) is 3.34. The molecule has 1 fully saturated rings. The van der Waals surface area contributed by atoms with E-state index in [0.29, 0.717) is 12.1 Å². The molecule has 1 heterocycles. The van der Waals surface area contributed by atoms with E-state index in [-0.39, 0.29) is 5.54 Å². The molecule has 21 heavy (non-hydrogen) atoms. The third-order valence-corrected chi connectivity index (χ3v) is 4.44. The molecule has 1 aliphatic rings. The van der Waals surface area contributed by atoms with Gasteiger partial charge in [-0.25, -0.2) is 4.98 Å². The Balaban J connectivity index is 2.03. The topological polar surface area (TPSA) is 56.9 Å². The monoisotopic (exact) mass is 289 g/mol. The molecule has 0 aromatic carbocycles. The lowest BCUT2D eigenvalue weighted by Crippen LogP contribution is -2.54. The number of aromatic nitrogens is 2. The second-order valence-corrected chi connectivity index (χ2v) is 6.61. The first kappa shape index (κ1) is 16.0. The van der Waals surface area contributed by atoms with Crippen molar-refractivity contribution in [2.24, 2.45) is 7.05 Å². The molecule has 0 spiro atoms. The van der Waals surface area contributed by atoms with Crippen LogP contribution in [-0.2, 0) is 13.6 Å². The summed E-state index contributed by atoms with van der Waals surface area (Å²) in [6.07, 6.45) is 7.91. The van der Waals surface area contributed by atoms with Crippen LogP contribution in [-0.4, -0.2) is 39.1 Å². The molecule has 116 valence electrons. The van der Waals surface area contributed by atoms with E-state index in [2.05, 4.69) is 46.7 Å². The number of nitrogens with zero attached hydrogens (tertiary/aromatic N) is 4. The van der Waals surface area contributed by atoms with Crippen LogP contribution in [0.5, 0.6) is 0 Å². The number of imidazole rings is 1. The van der Waals surface area contributed by atoms with Crippen LogP contribution < -0.4 is 5.32 Å². The van der Waals surface area contributed by atoms with Crippen LogP contribution in [0.15, 0.2) is 12.4 Å². The molecule has 0 aliphatic heterocycles. The lowest BCUT2D eigenvalue weighted by Gasteiger charge is -2.41. The fraction of sp³-hybridized carbons (Fsp3) is 0.750. The van der Waals surface area contributed by atoms with Crippen molar-refractivity contribution in [3.8, 4) is 6.07 Å². The highest BCUT2D eigenvalue weighted by atomic mass is 15.2. The summed E-state index contributed by atoms with van der Waals surface area (Å²) >= 11 is 0. The molecule has 2 unspecified atom stereocenters. The number of rotatable bonds is 5. The zero-order valence-corrected chi connectivity index (χ0v) is 13.6. The lowest BCUT2D eigenvalue weighted by atomic mass is 9.79. The van der Waals surface area contributed by atoms with E-state index in [0.717, 1.165) is 38.1 Å². The van der Waals surface area contributed by atoms with Gasteiger partial charge in [0, 0.05) is 31.5 Å². The van der Waals surface area contributed by atoms with Gasteiger partial charge in [0.25, 0.3) is 0 Å². The maximum atomic E-state index is 9.64. The minimum Gasteiger partial charge on any atom is -0.337 e. The summed E-state index contributed by atoms with van der Waals surface area (Å²) in [7, 11) is 4.17. The Kier molecular flexibility index (Phi) is 5.02. The van der Waals surface area contributed by atoms with E-state index < -0.39 is 0 Å².